The molecule has 0 aliphatic heterocycles. The predicted molar refractivity (Wildman–Crippen MR) is 85.9 cm³/mol. The molecule has 0 radical (unpaired) electrons. The molecule has 1 aromatic heterocycles. The van der Waals surface area contributed by atoms with Gasteiger partial charge in [0.2, 0.25) is 0 Å². The molecule has 0 saturated heterocycles. The van der Waals surface area contributed by atoms with Crippen LogP contribution in [-0.4, -0.2) is 41.8 Å². The summed E-state index contributed by atoms with van der Waals surface area (Å²) in [5.41, 5.74) is 8.90. The average molecular weight is 275 g/mol. The van der Waals surface area contributed by atoms with Gasteiger partial charge < -0.3 is 16.0 Å². The fourth-order valence-corrected chi connectivity index (χ4v) is 2.54. The topological polar surface area (TPSA) is 70.0 Å². The number of hydrogen-bond donors (Lipinski definition) is 3. The lowest BCUT2D eigenvalue weighted by Gasteiger charge is -2.25. The van der Waals surface area contributed by atoms with E-state index in [4.69, 9.17) is 5.73 Å². The van der Waals surface area contributed by atoms with Gasteiger partial charge in [-0.15, -0.1) is 0 Å². The van der Waals surface area contributed by atoms with Crippen molar-refractivity contribution in [3.63, 3.8) is 0 Å². The van der Waals surface area contributed by atoms with Crippen LogP contribution < -0.4 is 11.1 Å². The van der Waals surface area contributed by atoms with E-state index < -0.39 is 0 Å². The Bertz CT molecular complexity index is 548. The number of nitrogens with one attached hydrogen (secondary N) is 2. The molecular weight excluding hydrogens is 250 g/mol. The van der Waals surface area contributed by atoms with Crippen molar-refractivity contribution in [2.75, 3.05) is 31.7 Å². The largest absolute Gasteiger partial charge is 0.397 e. The van der Waals surface area contributed by atoms with Crippen molar-refractivity contribution in [1.29, 1.82) is 0 Å². The number of aromatic amines is 1. The minimum atomic E-state index is 0.382. The van der Waals surface area contributed by atoms with Crippen LogP contribution in [0.3, 0.4) is 0 Å². The second-order valence-electron chi connectivity index (χ2n) is 6.13. The number of nitrogens with two attached hydrogens (primary N) is 1. The molecule has 0 aliphatic carbocycles. The van der Waals surface area contributed by atoms with Gasteiger partial charge in [0.15, 0.2) is 0 Å². The molecule has 1 heterocycles. The van der Waals surface area contributed by atoms with Gasteiger partial charge in [0, 0.05) is 18.0 Å². The smallest absolute Gasteiger partial charge is 0.0672 e. The minimum Gasteiger partial charge on any atom is -0.397 e. The summed E-state index contributed by atoms with van der Waals surface area (Å²) < 4.78 is 0. The van der Waals surface area contributed by atoms with Crippen molar-refractivity contribution in [2.45, 2.75) is 26.3 Å². The van der Waals surface area contributed by atoms with Crippen LogP contribution in [0.2, 0.25) is 0 Å². The Morgan fingerprint density at radius 3 is 2.75 bits per heavy atom. The lowest BCUT2D eigenvalue weighted by molar-refractivity contribution is 0.356. The first-order valence-electron chi connectivity index (χ1n) is 7.09. The fourth-order valence-electron chi connectivity index (χ4n) is 2.54. The fraction of sp³-hybridized carbons (Fsp3) is 0.533. The maximum absolute atomic E-state index is 6.14. The summed E-state index contributed by atoms with van der Waals surface area (Å²) >= 11 is 0. The van der Waals surface area contributed by atoms with Gasteiger partial charge in [0.25, 0.3) is 0 Å². The summed E-state index contributed by atoms with van der Waals surface area (Å²) in [6, 6.07) is 4.39. The zero-order valence-corrected chi connectivity index (χ0v) is 12.8. The molecule has 0 saturated carbocycles. The van der Waals surface area contributed by atoms with Crippen LogP contribution in [0.5, 0.6) is 0 Å². The number of nitrogen functional groups attached to an aromatic ring is 1. The number of H-pyrrole nitrogens is 1. The van der Waals surface area contributed by atoms with E-state index >= 15 is 0 Å². The van der Waals surface area contributed by atoms with Crippen molar-refractivity contribution >= 4 is 22.3 Å². The van der Waals surface area contributed by atoms with Crippen LogP contribution in [-0.2, 0) is 0 Å². The van der Waals surface area contributed by atoms with Gasteiger partial charge in [0.05, 0.1) is 23.1 Å². The van der Waals surface area contributed by atoms with Crippen LogP contribution in [0, 0.1) is 5.92 Å². The Hall–Kier alpha value is -1.75. The van der Waals surface area contributed by atoms with Gasteiger partial charge >= 0.3 is 0 Å². The van der Waals surface area contributed by atoms with E-state index in [1.807, 2.05) is 12.1 Å². The summed E-state index contributed by atoms with van der Waals surface area (Å²) in [5.74, 6) is 0.643. The van der Waals surface area contributed by atoms with Gasteiger partial charge in [-0.3, -0.25) is 5.10 Å². The molecule has 5 heteroatoms. The van der Waals surface area contributed by atoms with Gasteiger partial charge in [-0.2, -0.15) is 5.10 Å². The maximum atomic E-state index is 6.14. The molecule has 1 atom stereocenters. The molecule has 20 heavy (non-hydrogen) atoms. The molecule has 4 N–H and O–H groups in total. The zero-order chi connectivity index (χ0) is 14.7. The molecule has 110 valence electrons. The van der Waals surface area contributed by atoms with E-state index in [1.165, 1.54) is 0 Å². The van der Waals surface area contributed by atoms with Crippen LogP contribution in [0.25, 0.3) is 10.9 Å². The van der Waals surface area contributed by atoms with Gasteiger partial charge in [-0.1, -0.05) is 13.8 Å². The number of benzene rings is 1. The minimum absolute atomic E-state index is 0.382. The number of aromatic nitrogens is 2. The third kappa shape index (κ3) is 3.63. The Morgan fingerprint density at radius 1 is 1.35 bits per heavy atom. The monoisotopic (exact) mass is 275 g/mol. The second-order valence-corrected chi connectivity index (χ2v) is 6.13. The molecule has 0 fully saturated rings. The number of nitrogens with zero attached hydrogens (tertiary/aromatic N) is 2. The number of likely N-dealkylation sites (N-methyl/N-ethyl adjacent to an activating group) is 1. The quantitative estimate of drug-likeness (QED) is 0.709. The van der Waals surface area contributed by atoms with Gasteiger partial charge in [0.1, 0.15) is 0 Å². The van der Waals surface area contributed by atoms with E-state index in [9.17, 15) is 0 Å². The predicted octanol–water partition coefficient (Wildman–Crippen LogP) is 2.53. The van der Waals surface area contributed by atoms with E-state index in [-0.39, 0.29) is 0 Å². The van der Waals surface area contributed by atoms with Crippen molar-refractivity contribution in [3.8, 4) is 0 Å². The van der Waals surface area contributed by atoms with E-state index in [1.54, 1.807) is 6.20 Å². The number of hydrogen-bond acceptors (Lipinski definition) is 4. The molecule has 2 aromatic rings. The number of rotatable bonds is 6. The molecule has 0 aliphatic rings. The summed E-state index contributed by atoms with van der Waals surface area (Å²) in [6.45, 7) is 5.47. The lowest BCUT2D eigenvalue weighted by Crippen LogP contribution is -2.33. The normalized spacial score (nSPS) is 13.3. The highest BCUT2D eigenvalue weighted by Gasteiger charge is 2.14. The highest BCUT2D eigenvalue weighted by Crippen LogP contribution is 2.26. The van der Waals surface area contributed by atoms with Crippen LogP contribution in [0.1, 0.15) is 20.3 Å². The number of anilines is 2. The van der Waals surface area contributed by atoms with Crippen LogP contribution in [0.4, 0.5) is 11.4 Å². The second kappa shape index (κ2) is 6.13. The highest BCUT2D eigenvalue weighted by atomic mass is 15.1. The van der Waals surface area contributed by atoms with Gasteiger partial charge in [-0.25, -0.2) is 0 Å². The van der Waals surface area contributed by atoms with Crippen molar-refractivity contribution in [2.24, 2.45) is 5.92 Å². The summed E-state index contributed by atoms with van der Waals surface area (Å²) in [6.07, 6.45) is 2.90. The van der Waals surface area contributed by atoms with E-state index in [2.05, 4.69) is 48.4 Å². The molecule has 1 aromatic carbocycles. The Morgan fingerprint density at radius 2 is 2.10 bits per heavy atom. The third-order valence-electron chi connectivity index (χ3n) is 3.31. The molecule has 0 bridgehead atoms. The molecule has 0 spiro atoms. The van der Waals surface area contributed by atoms with E-state index in [0.717, 1.165) is 35.2 Å². The molecular formula is C15H25N5. The first-order valence-corrected chi connectivity index (χ1v) is 7.09. The van der Waals surface area contributed by atoms with Crippen molar-refractivity contribution < 1.29 is 0 Å². The Kier molecular flexibility index (Phi) is 4.49. The summed E-state index contributed by atoms with van der Waals surface area (Å²) in [5, 5.41) is 11.6. The summed E-state index contributed by atoms with van der Waals surface area (Å²) in [4.78, 5) is 2.20. The first-order chi connectivity index (χ1) is 9.45. The van der Waals surface area contributed by atoms with Crippen LogP contribution >= 0.6 is 0 Å². The SMILES string of the molecule is CC(C)CC(CN(C)C)Nc1cc2[nH]ncc2cc1N. The molecule has 1 unspecified atom stereocenters. The zero-order valence-electron chi connectivity index (χ0n) is 12.8. The van der Waals surface area contributed by atoms with Crippen molar-refractivity contribution in [1.82, 2.24) is 15.1 Å². The summed E-state index contributed by atoms with van der Waals surface area (Å²) in [7, 11) is 4.19. The standard InChI is InChI=1S/C15H25N5/c1-10(2)5-12(9-20(3)4)18-15-7-14-11(6-13(15)16)8-17-19-14/h6-8,10,12,18H,5,9,16H2,1-4H3,(H,17,19). The Labute approximate surface area is 120 Å². The highest BCUT2D eigenvalue weighted by molar-refractivity contribution is 5.88. The van der Waals surface area contributed by atoms with Gasteiger partial charge in [-0.05, 0) is 38.6 Å². The van der Waals surface area contributed by atoms with Crippen molar-refractivity contribution in [3.05, 3.63) is 18.3 Å². The van der Waals surface area contributed by atoms with E-state index in [0.29, 0.717) is 12.0 Å². The molecule has 0 amide bonds. The van der Waals surface area contributed by atoms with Crippen LogP contribution in [0.15, 0.2) is 18.3 Å². The third-order valence-corrected chi connectivity index (χ3v) is 3.31. The maximum Gasteiger partial charge on any atom is 0.0672 e. The Balaban J connectivity index is 2.19. The first kappa shape index (κ1) is 14.7. The molecule has 2 rings (SSSR count). The average Bonchev–Trinajstić information content (AvgIpc) is 2.74. The number of fused-ring (bicyclic) bond motifs is 1. The lowest BCUT2D eigenvalue weighted by atomic mass is 10.0. The molecule has 5 nitrogen and oxygen atoms in total.